The third-order valence-electron chi connectivity index (χ3n) is 6.59. The molecule has 4 atom stereocenters. The third kappa shape index (κ3) is 16.9. The number of nitrogens with two attached hydrogens (primary N) is 3. The fraction of sp³-hybridized carbons (Fsp3) is 0.607. The van der Waals surface area contributed by atoms with Crippen LogP contribution in [0.5, 0.6) is 0 Å². The average Bonchev–Trinajstić information content (AvgIpc) is 3.51. The van der Waals surface area contributed by atoms with E-state index in [9.17, 15) is 28.8 Å². The molecule has 19 heteroatoms. The first-order chi connectivity index (χ1) is 22.1. The van der Waals surface area contributed by atoms with E-state index in [0.717, 1.165) is 11.3 Å². The summed E-state index contributed by atoms with van der Waals surface area (Å²) in [4.78, 5) is 80.9. The standard InChI is InChI=1S/C28H48N12O6S/c1-15(2)14-20(25(46)38-17(6-4-10-35-27(30)31)22(43)26-34-12-13-47-26)40-24(45)19(8-9-21(29)42)39-23(44)18(37-16(3)41)7-5-11-36-28(32)33/h12-13,15,17-20H,4-11,14H2,1-3H3,(H2,29,42)(H,37,41)(H,38,46)(H,39,44)(H,40,45)(H4,30,31,35)(H4,32,33,36)/t17-,18-,19-,20-/m0/s1. The van der Waals surface area contributed by atoms with Crippen LogP contribution in [0, 0.1) is 16.7 Å². The Morgan fingerprint density at radius 2 is 1.26 bits per heavy atom. The zero-order valence-corrected chi connectivity index (χ0v) is 27.8. The molecule has 0 fully saturated rings. The summed E-state index contributed by atoms with van der Waals surface area (Å²) >= 11 is 1.12. The molecule has 0 aromatic carbocycles. The number of hydrogen-bond acceptors (Lipinski definition) is 10. The average molecular weight is 681 g/mol. The van der Waals surface area contributed by atoms with Gasteiger partial charge in [-0.2, -0.15) is 0 Å². The number of amides is 5. The molecule has 0 unspecified atom stereocenters. The fourth-order valence-corrected chi connectivity index (χ4v) is 5.04. The number of carbonyl (C=O) groups excluding carboxylic acids is 6. The number of ketones is 1. The first-order valence-electron chi connectivity index (χ1n) is 15.2. The Labute approximate surface area is 277 Å². The molecule has 262 valence electrons. The quantitative estimate of drug-likeness (QED) is 0.0279. The van der Waals surface area contributed by atoms with E-state index < -0.39 is 59.5 Å². The van der Waals surface area contributed by atoms with Gasteiger partial charge in [-0.15, -0.1) is 11.3 Å². The Kier molecular flexibility index (Phi) is 18.0. The summed E-state index contributed by atoms with van der Waals surface area (Å²) in [5.74, 6) is -4.30. The number of thiazole rings is 1. The second kappa shape index (κ2) is 21.1. The van der Waals surface area contributed by atoms with Crippen LogP contribution in [0.2, 0.25) is 0 Å². The SMILES string of the molecule is CC(=O)N[C@@H](CCCNC(=N)N)C(=O)N[C@@H](CCC(N)=O)C(=O)N[C@@H](CC(C)C)C(=O)N[C@@H](CCCNC(=N)N)C(=O)c1nccs1. The molecule has 18 nitrogen and oxygen atoms in total. The van der Waals surface area contributed by atoms with Gasteiger partial charge in [0, 0.05) is 38.0 Å². The lowest BCUT2D eigenvalue weighted by atomic mass is 10.00. The normalized spacial score (nSPS) is 13.3. The monoisotopic (exact) mass is 680 g/mol. The molecule has 1 aromatic heterocycles. The topological polar surface area (TPSA) is 313 Å². The Hall–Kier alpha value is -4.81. The minimum absolute atomic E-state index is 0.0784. The van der Waals surface area contributed by atoms with E-state index in [1.165, 1.54) is 13.1 Å². The number of aromatic nitrogens is 1. The van der Waals surface area contributed by atoms with Crippen molar-refractivity contribution in [2.24, 2.45) is 23.1 Å². The summed E-state index contributed by atoms with van der Waals surface area (Å²) in [6.07, 6.45) is 2.26. The van der Waals surface area contributed by atoms with Gasteiger partial charge >= 0.3 is 0 Å². The molecular weight excluding hydrogens is 632 g/mol. The number of nitrogens with one attached hydrogen (secondary N) is 8. The van der Waals surface area contributed by atoms with E-state index >= 15 is 0 Å². The van der Waals surface area contributed by atoms with Crippen LogP contribution in [0.3, 0.4) is 0 Å². The van der Waals surface area contributed by atoms with Crippen molar-refractivity contribution in [1.82, 2.24) is 36.9 Å². The van der Waals surface area contributed by atoms with Crippen LogP contribution in [0.4, 0.5) is 0 Å². The van der Waals surface area contributed by atoms with Gasteiger partial charge in [-0.3, -0.25) is 39.6 Å². The van der Waals surface area contributed by atoms with Gasteiger partial charge in [0.2, 0.25) is 35.3 Å². The number of hydrogen-bond donors (Lipinski definition) is 11. The second-order valence-corrected chi connectivity index (χ2v) is 12.1. The summed E-state index contributed by atoms with van der Waals surface area (Å²) in [6.45, 7) is 5.45. The van der Waals surface area contributed by atoms with Crippen LogP contribution < -0.4 is 49.1 Å². The lowest BCUT2D eigenvalue weighted by Crippen LogP contribution is -2.58. The molecule has 0 radical (unpaired) electrons. The summed E-state index contributed by atoms with van der Waals surface area (Å²) in [5, 5.41) is 32.1. The van der Waals surface area contributed by atoms with Crippen molar-refractivity contribution in [3.63, 3.8) is 0 Å². The van der Waals surface area contributed by atoms with E-state index in [0.29, 0.717) is 12.8 Å². The van der Waals surface area contributed by atoms with Crippen molar-refractivity contribution in [3.05, 3.63) is 16.6 Å². The van der Waals surface area contributed by atoms with Gasteiger partial charge < -0.3 is 49.1 Å². The molecule has 0 saturated carbocycles. The molecule has 1 aromatic rings. The molecule has 0 aliphatic rings. The van der Waals surface area contributed by atoms with Crippen molar-refractivity contribution in [1.29, 1.82) is 10.8 Å². The molecule has 0 bridgehead atoms. The molecule has 0 aliphatic carbocycles. The zero-order valence-electron chi connectivity index (χ0n) is 26.9. The Morgan fingerprint density at radius 1 is 0.766 bits per heavy atom. The van der Waals surface area contributed by atoms with Crippen LogP contribution in [-0.4, -0.2) is 89.5 Å². The number of nitrogens with zero attached hydrogens (tertiary/aromatic N) is 1. The highest BCUT2D eigenvalue weighted by Gasteiger charge is 2.32. The molecule has 1 rings (SSSR count). The van der Waals surface area contributed by atoms with Crippen molar-refractivity contribution < 1.29 is 28.8 Å². The van der Waals surface area contributed by atoms with Crippen molar-refractivity contribution in [3.8, 4) is 0 Å². The van der Waals surface area contributed by atoms with E-state index in [1.54, 1.807) is 5.38 Å². The van der Waals surface area contributed by atoms with Crippen LogP contribution in [0.15, 0.2) is 11.6 Å². The molecule has 14 N–H and O–H groups in total. The number of primary amides is 1. The largest absolute Gasteiger partial charge is 0.370 e. The minimum atomic E-state index is -1.30. The van der Waals surface area contributed by atoms with Crippen LogP contribution in [0.1, 0.15) is 75.5 Å². The van der Waals surface area contributed by atoms with Gasteiger partial charge in [-0.25, -0.2) is 4.98 Å². The van der Waals surface area contributed by atoms with Crippen LogP contribution in [-0.2, 0) is 24.0 Å². The van der Waals surface area contributed by atoms with Gasteiger partial charge in [0.15, 0.2) is 16.9 Å². The maximum Gasteiger partial charge on any atom is 0.243 e. The first-order valence-corrected chi connectivity index (χ1v) is 16.0. The number of Topliss-reactive ketones (excluding diaryl/α,β-unsaturated/α-hetero) is 1. The maximum absolute atomic E-state index is 13.6. The summed E-state index contributed by atoms with van der Waals surface area (Å²) in [6, 6.07) is -4.46. The number of rotatable bonds is 22. The summed E-state index contributed by atoms with van der Waals surface area (Å²) in [5.41, 5.74) is 15.9. The predicted octanol–water partition coefficient (Wildman–Crippen LogP) is -1.88. The zero-order chi connectivity index (χ0) is 35.5. The van der Waals surface area contributed by atoms with Gasteiger partial charge in [-0.1, -0.05) is 13.8 Å². The highest BCUT2D eigenvalue weighted by molar-refractivity contribution is 7.11. The Morgan fingerprint density at radius 3 is 1.72 bits per heavy atom. The van der Waals surface area contributed by atoms with Crippen molar-refractivity contribution in [2.75, 3.05) is 13.1 Å². The fourth-order valence-electron chi connectivity index (χ4n) is 4.41. The third-order valence-corrected chi connectivity index (χ3v) is 7.38. The Balaban J connectivity index is 3.16. The van der Waals surface area contributed by atoms with E-state index in [1.807, 2.05) is 13.8 Å². The van der Waals surface area contributed by atoms with Crippen LogP contribution >= 0.6 is 11.3 Å². The van der Waals surface area contributed by atoms with Gasteiger partial charge in [0.1, 0.15) is 18.1 Å². The molecular formula is C28H48N12O6S. The van der Waals surface area contributed by atoms with Crippen molar-refractivity contribution in [2.45, 2.75) is 89.9 Å². The van der Waals surface area contributed by atoms with Gasteiger partial charge in [-0.05, 0) is 44.4 Å². The Bertz CT molecular complexity index is 1240. The predicted molar refractivity (Wildman–Crippen MR) is 176 cm³/mol. The van der Waals surface area contributed by atoms with Gasteiger partial charge in [0.05, 0.1) is 6.04 Å². The van der Waals surface area contributed by atoms with Gasteiger partial charge in [0.25, 0.3) is 0 Å². The molecule has 0 spiro atoms. The summed E-state index contributed by atoms with van der Waals surface area (Å²) < 4.78 is 0. The highest BCUT2D eigenvalue weighted by atomic mass is 32.1. The minimum Gasteiger partial charge on any atom is -0.370 e. The smallest absolute Gasteiger partial charge is 0.243 e. The lowest BCUT2D eigenvalue weighted by molar-refractivity contribution is -0.134. The number of guanidine groups is 2. The molecule has 5 amide bonds. The molecule has 1 heterocycles. The number of carbonyl (C=O) groups is 6. The lowest BCUT2D eigenvalue weighted by Gasteiger charge is -2.27. The maximum atomic E-state index is 13.6. The summed E-state index contributed by atoms with van der Waals surface area (Å²) in [7, 11) is 0. The van der Waals surface area contributed by atoms with Crippen LogP contribution in [0.25, 0.3) is 0 Å². The molecule has 0 aliphatic heterocycles. The van der Waals surface area contributed by atoms with E-state index in [-0.39, 0.29) is 68.0 Å². The van der Waals surface area contributed by atoms with E-state index in [2.05, 4.69) is 36.9 Å². The first kappa shape index (κ1) is 40.2. The molecule has 0 saturated heterocycles. The highest BCUT2D eigenvalue weighted by Crippen LogP contribution is 2.13. The van der Waals surface area contributed by atoms with Crippen molar-refractivity contribution >= 4 is 58.6 Å². The second-order valence-electron chi connectivity index (χ2n) is 11.2. The van der Waals surface area contributed by atoms with E-state index in [4.69, 9.17) is 28.0 Å². The molecule has 47 heavy (non-hydrogen) atoms.